The second-order valence-electron chi connectivity index (χ2n) is 5.33. The molecule has 0 atom stereocenters. The van der Waals surface area contributed by atoms with Gasteiger partial charge < -0.3 is 20.1 Å². The first kappa shape index (κ1) is 14.8. The fourth-order valence-electron chi connectivity index (χ4n) is 2.26. The normalized spacial score (nSPS) is 17.6. The van der Waals surface area contributed by atoms with Crippen LogP contribution in [-0.4, -0.2) is 42.4 Å². The number of aromatic nitrogens is 2. The molecular formula is C14H24N4O2. The molecule has 1 aliphatic rings. The monoisotopic (exact) mass is 280 g/mol. The average Bonchev–Trinajstić information content (AvgIpc) is 2.45. The molecule has 0 bridgehead atoms. The van der Waals surface area contributed by atoms with Gasteiger partial charge in [-0.15, -0.1) is 0 Å². The van der Waals surface area contributed by atoms with E-state index in [0.29, 0.717) is 5.75 Å². The van der Waals surface area contributed by atoms with Gasteiger partial charge in [0.05, 0.1) is 7.11 Å². The Hall–Kier alpha value is -1.56. The molecule has 1 aromatic rings. The summed E-state index contributed by atoms with van der Waals surface area (Å²) in [6, 6.07) is 0. The quantitative estimate of drug-likeness (QED) is 0.833. The zero-order valence-corrected chi connectivity index (χ0v) is 12.5. The van der Waals surface area contributed by atoms with E-state index in [1.165, 1.54) is 0 Å². The van der Waals surface area contributed by atoms with Crippen LogP contribution in [0.5, 0.6) is 5.75 Å². The molecular weight excluding hydrogens is 256 g/mol. The first-order valence-corrected chi connectivity index (χ1v) is 7.17. The summed E-state index contributed by atoms with van der Waals surface area (Å²) < 4.78 is 10.9. The van der Waals surface area contributed by atoms with Crippen LogP contribution in [0.15, 0.2) is 6.33 Å². The molecule has 2 heterocycles. The zero-order chi connectivity index (χ0) is 14.4. The fourth-order valence-corrected chi connectivity index (χ4v) is 2.26. The summed E-state index contributed by atoms with van der Waals surface area (Å²) >= 11 is 0. The molecule has 1 aromatic heterocycles. The highest BCUT2D eigenvalue weighted by molar-refractivity contribution is 5.64. The molecule has 0 amide bonds. The van der Waals surface area contributed by atoms with E-state index >= 15 is 0 Å². The van der Waals surface area contributed by atoms with Crippen LogP contribution >= 0.6 is 0 Å². The van der Waals surface area contributed by atoms with Crippen LogP contribution in [0, 0.1) is 0 Å². The number of methoxy groups -OCH3 is 1. The molecule has 20 heavy (non-hydrogen) atoms. The van der Waals surface area contributed by atoms with Crippen LogP contribution in [-0.2, 0) is 4.74 Å². The summed E-state index contributed by atoms with van der Waals surface area (Å²) in [5, 5.41) is 6.76. The molecule has 1 aliphatic heterocycles. The Labute approximate surface area is 120 Å². The first-order valence-electron chi connectivity index (χ1n) is 7.17. The Morgan fingerprint density at radius 3 is 2.65 bits per heavy atom. The molecule has 6 heteroatoms. The maximum absolute atomic E-state index is 5.48. The van der Waals surface area contributed by atoms with Crippen LogP contribution in [0.1, 0.15) is 33.1 Å². The van der Waals surface area contributed by atoms with E-state index in [-0.39, 0.29) is 5.54 Å². The molecule has 2 N–H and O–H groups in total. The number of nitrogens with zero attached hydrogens (tertiary/aromatic N) is 2. The lowest BCUT2D eigenvalue weighted by Crippen LogP contribution is -2.41. The van der Waals surface area contributed by atoms with E-state index in [1.807, 2.05) is 0 Å². The highest BCUT2D eigenvalue weighted by Crippen LogP contribution is 2.33. The maximum atomic E-state index is 5.48. The Morgan fingerprint density at radius 1 is 1.30 bits per heavy atom. The second kappa shape index (κ2) is 6.74. The Morgan fingerprint density at radius 2 is 2.00 bits per heavy atom. The predicted molar refractivity (Wildman–Crippen MR) is 79.4 cm³/mol. The van der Waals surface area contributed by atoms with Gasteiger partial charge in [-0.2, -0.15) is 0 Å². The van der Waals surface area contributed by atoms with Gasteiger partial charge in [0.1, 0.15) is 6.33 Å². The van der Waals surface area contributed by atoms with Crippen molar-refractivity contribution < 1.29 is 9.47 Å². The molecule has 0 aromatic carbocycles. The molecule has 1 saturated heterocycles. The third kappa shape index (κ3) is 3.50. The van der Waals surface area contributed by atoms with Crippen molar-refractivity contribution in [1.29, 1.82) is 0 Å². The number of ether oxygens (including phenoxy) is 2. The first-order chi connectivity index (χ1) is 9.68. The molecule has 0 unspecified atom stereocenters. The number of hydrogen-bond acceptors (Lipinski definition) is 6. The summed E-state index contributed by atoms with van der Waals surface area (Å²) in [5.74, 6) is 2.15. The molecule has 1 fully saturated rings. The van der Waals surface area contributed by atoms with Crippen molar-refractivity contribution in [3.63, 3.8) is 0 Å². The summed E-state index contributed by atoms with van der Waals surface area (Å²) in [6.07, 6.45) is 4.51. The van der Waals surface area contributed by atoms with Crippen molar-refractivity contribution in [3.05, 3.63) is 6.33 Å². The highest BCUT2D eigenvalue weighted by atomic mass is 16.5. The Bertz CT molecular complexity index is 433. The third-order valence-electron chi connectivity index (χ3n) is 3.57. The van der Waals surface area contributed by atoms with Gasteiger partial charge in [0.25, 0.3) is 0 Å². The predicted octanol–water partition coefficient (Wildman–Crippen LogP) is 2.29. The van der Waals surface area contributed by atoms with Crippen molar-refractivity contribution in [2.24, 2.45) is 0 Å². The fraction of sp³-hybridized carbons (Fsp3) is 0.714. The lowest BCUT2D eigenvalue weighted by atomic mass is 9.92. The summed E-state index contributed by atoms with van der Waals surface area (Å²) in [4.78, 5) is 8.58. The average molecular weight is 280 g/mol. The van der Waals surface area contributed by atoms with Gasteiger partial charge in [0, 0.05) is 25.3 Å². The molecule has 0 spiro atoms. The molecule has 0 aliphatic carbocycles. The lowest BCUT2D eigenvalue weighted by Gasteiger charge is -2.35. The van der Waals surface area contributed by atoms with Crippen LogP contribution < -0.4 is 15.4 Å². The standard InChI is InChI=1S/C14H24N4O2/c1-4-7-15-12-11(19-3)13(17-10-16-12)18-14(2)5-8-20-9-6-14/h10H,4-9H2,1-3H3,(H2,15,16,17,18). The topological polar surface area (TPSA) is 68.3 Å². The minimum Gasteiger partial charge on any atom is -0.490 e. The molecule has 0 saturated carbocycles. The SMILES string of the molecule is CCCNc1ncnc(NC2(C)CCOCC2)c1OC. The van der Waals surface area contributed by atoms with Crippen LogP contribution in [0.4, 0.5) is 11.6 Å². The minimum atomic E-state index is -0.0120. The second-order valence-corrected chi connectivity index (χ2v) is 5.33. The van der Waals surface area contributed by atoms with Gasteiger partial charge in [0.2, 0.25) is 5.75 Å². The van der Waals surface area contributed by atoms with Crippen molar-refractivity contribution in [2.75, 3.05) is 37.5 Å². The van der Waals surface area contributed by atoms with Crippen molar-refractivity contribution >= 4 is 11.6 Å². The van der Waals surface area contributed by atoms with Gasteiger partial charge in [-0.1, -0.05) is 6.92 Å². The van der Waals surface area contributed by atoms with Crippen LogP contribution in [0.25, 0.3) is 0 Å². The van der Waals surface area contributed by atoms with Gasteiger partial charge in [-0.25, -0.2) is 9.97 Å². The number of rotatable bonds is 6. The van der Waals surface area contributed by atoms with Crippen molar-refractivity contribution in [2.45, 2.75) is 38.6 Å². The van der Waals surface area contributed by atoms with E-state index in [2.05, 4.69) is 34.4 Å². The zero-order valence-electron chi connectivity index (χ0n) is 12.5. The molecule has 0 radical (unpaired) electrons. The molecule has 2 rings (SSSR count). The number of hydrogen-bond donors (Lipinski definition) is 2. The van der Waals surface area contributed by atoms with Crippen LogP contribution in [0.3, 0.4) is 0 Å². The van der Waals surface area contributed by atoms with Gasteiger partial charge in [0.15, 0.2) is 11.6 Å². The van der Waals surface area contributed by atoms with Gasteiger partial charge >= 0.3 is 0 Å². The summed E-state index contributed by atoms with van der Waals surface area (Å²) in [6.45, 7) is 6.71. The Kier molecular flexibility index (Phi) is 5.00. The summed E-state index contributed by atoms with van der Waals surface area (Å²) in [7, 11) is 1.65. The maximum Gasteiger partial charge on any atom is 0.204 e. The third-order valence-corrected chi connectivity index (χ3v) is 3.57. The smallest absolute Gasteiger partial charge is 0.204 e. The highest BCUT2D eigenvalue weighted by Gasteiger charge is 2.29. The van der Waals surface area contributed by atoms with E-state index in [1.54, 1.807) is 13.4 Å². The van der Waals surface area contributed by atoms with E-state index in [9.17, 15) is 0 Å². The molecule has 112 valence electrons. The van der Waals surface area contributed by atoms with Gasteiger partial charge in [-0.05, 0) is 26.2 Å². The van der Waals surface area contributed by atoms with Crippen LogP contribution in [0.2, 0.25) is 0 Å². The van der Waals surface area contributed by atoms with E-state index in [4.69, 9.17) is 9.47 Å². The molecule has 6 nitrogen and oxygen atoms in total. The van der Waals surface area contributed by atoms with Crippen molar-refractivity contribution in [3.8, 4) is 5.75 Å². The van der Waals surface area contributed by atoms with Crippen molar-refractivity contribution in [1.82, 2.24) is 9.97 Å². The number of nitrogens with one attached hydrogen (secondary N) is 2. The van der Waals surface area contributed by atoms with E-state index < -0.39 is 0 Å². The largest absolute Gasteiger partial charge is 0.490 e. The lowest BCUT2D eigenvalue weighted by molar-refractivity contribution is 0.0656. The summed E-state index contributed by atoms with van der Waals surface area (Å²) in [5.41, 5.74) is -0.0120. The number of anilines is 2. The Balaban J connectivity index is 2.17. The van der Waals surface area contributed by atoms with Gasteiger partial charge in [-0.3, -0.25) is 0 Å². The minimum absolute atomic E-state index is 0.0120. The van der Waals surface area contributed by atoms with E-state index in [0.717, 1.165) is 50.7 Å².